The smallest absolute Gasteiger partial charge is 0.124 e. The van der Waals surface area contributed by atoms with E-state index in [4.69, 9.17) is 4.74 Å². The van der Waals surface area contributed by atoms with E-state index in [9.17, 15) is 4.39 Å². The van der Waals surface area contributed by atoms with Crippen LogP contribution >= 0.6 is 0 Å². The fourth-order valence-corrected chi connectivity index (χ4v) is 2.93. The Kier molecular flexibility index (Phi) is 6.79. The molecule has 1 aliphatic heterocycles. The number of nitrogens with one attached hydrogen (secondary N) is 2. The van der Waals surface area contributed by atoms with Gasteiger partial charge in [-0.05, 0) is 23.8 Å². The molecule has 5 heteroatoms. The van der Waals surface area contributed by atoms with E-state index in [0.717, 1.165) is 62.7 Å². The van der Waals surface area contributed by atoms with Crippen molar-refractivity contribution < 1.29 is 9.13 Å². The van der Waals surface area contributed by atoms with Gasteiger partial charge < -0.3 is 15.4 Å². The number of ether oxygens (including phenoxy) is 1. The van der Waals surface area contributed by atoms with Gasteiger partial charge in [-0.15, -0.1) is 0 Å². The summed E-state index contributed by atoms with van der Waals surface area (Å²) in [7, 11) is 0. The highest BCUT2D eigenvalue weighted by Gasteiger charge is 2.09. The Bertz CT molecular complexity index is 642. The monoisotopic (exact) mass is 343 g/mol. The zero-order valence-corrected chi connectivity index (χ0v) is 14.5. The van der Waals surface area contributed by atoms with E-state index in [-0.39, 0.29) is 5.82 Å². The van der Waals surface area contributed by atoms with E-state index < -0.39 is 0 Å². The summed E-state index contributed by atoms with van der Waals surface area (Å²) < 4.78 is 18.9. The Labute approximate surface area is 149 Å². The summed E-state index contributed by atoms with van der Waals surface area (Å²) in [6.07, 6.45) is 0. The molecule has 0 atom stereocenters. The quantitative estimate of drug-likeness (QED) is 0.722. The topological polar surface area (TPSA) is 36.5 Å². The first-order valence-electron chi connectivity index (χ1n) is 8.90. The van der Waals surface area contributed by atoms with Gasteiger partial charge in [0.1, 0.15) is 18.2 Å². The van der Waals surface area contributed by atoms with Crippen molar-refractivity contribution in [2.75, 3.05) is 39.3 Å². The van der Waals surface area contributed by atoms with E-state index in [1.165, 1.54) is 12.1 Å². The molecule has 2 aromatic carbocycles. The molecule has 0 aliphatic carbocycles. The van der Waals surface area contributed by atoms with E-state index in [1.54, 1.807) is 12.1 Å². The number of hydrogen-bond donors (Lipinski definition) is 2. The molecule has 0 spiro atoms. The van der Waals surface area contributed by atoms with Crippen molar-refractivity contribution in [1.82, 2.24) is 15.5 Å². The summed E-state index contributed by atoms with van der Waals surface area (Å²) in [4.78, 5) is 2.47. The van der Waals surface area contributed by atoms with Gasteiger partial charge in [0.15, 0.2) is 0 Å². The normalized spacial score (nSPS) is 15.2. The molecule has 0 radical (unpaired) electrons. The SMILES string of the molecule is Fc1ccc(COc2ccccc2CNCCN2CCNCC2)cc1. The average molecular weight is 343 g/mol. The van der Waals surface area contributed by atoms with E-state index in [2.05, 4.69) is 21.6 Å². The number of hydrogen-bond acceptors (Lipinski definition) is 4. The summed E-state index contributed by atoms with van der Waals surface area (Å²) in [5, 5.41) is 6.87. The van der Waals surface area contributed by atoms with E-state index in [1.807, 2.05) is 18.2 Å². The molecule has 4 nitrogen and oxygen atoms in total. The average Bonchev–Trinajstić information content (AvgIpc) is 2.66. The van der Waals surface area contributed by atoms with Gasteiger partial charge in [-0.3, -0.25) is 4.90 Å². The first kappa shape index (κ1) is 17.9. The Morgan fingerprint density at radius 1 is 1.04 bits per heavy atom. The molecule has 0 saturated carbocycles. The van der Waals surface area contributed by atoms with Gasteiger partial charge >= 0.3 is 0 Å². The van der Waals surface area contributed by atoms with Crippen molar-refractivity contribution in [2.24, 2.45) is 0 Å². The van der Waals surface area contributed by atoms with Gasteiger partial charge in [0, 0.05) is 51.4 Å². The second kappa shape index (κ2) is 9.51. The lowest BCUT2D eigenvalue weighted by Crippen LogP contribution is -2.45. The molecule has 3 rings (SSSR count). The Morgan fingerprint density at radius 2 is 1.80 bits per heavy atom. The second-order valence-electron chi connectivity index (χ2n) is 6.29. The van der Waals surface area contributed by atoms with Gasteiger partial charge in [-0.25, -0.2) is 4.39 Å². The maximum Gasteiger partial charge on any atom is 0.124 e. The van der Waals surface area contributed by atoms with Gasteiger partial charge in [0.05, 0.1) is 0 Å². The number of benzene rings is 2. The van der Waals surface area contributed by atoms with Crippen LogP contribution in [0.1, 0.15) is 11.1 Å². The molecule has 134 valence electrons. The molecule has 1 aliphatic rings. The molecule has 1 heterocycles. The van der Waals surface area contributed by atoms with Crippen LogP contribution in [0, 0.1) is 5.82 Å². The summed E-state index contributed by atoms with van der Waals surface area (Å²) >= 11 is 0. The van der Waals surface area contributed by atoms with Crippen LogP contribution in [0.3, 0.4) is 0 Å². The molecule has 0 bridgehead atoms. The number of halogens is 1. The minimum absolute atomic E-state index is 0.224. The largest absolute Gasteiger partial charge is 0.489 e. The third-order valence-electron chi connectivity index (χ3n) is 4.41. The van der Waals surface area contributed by atoms with Crippen LogP contribution in [0.25, 0.3) is 0 Å². The summed E-state index contributed by atoms with van der Waals surface area (Å²) in [6, 6.07) is 14.5. The lowest BCUT2D eigenvalue weighted by molar-refractivity contribution is 0.240. The van der Waals surface area contributed by atoms with Gasteiger partial charge in [-0.1, -0.05) is 30.3 Å². The molecule has 2 aromatic rings. The van der Waals surface area contributed by atoms with E-state index >= 15 is 0 Å². The predicted octanol–water partition coefficient (Wildman–Crippen LogP) is 2.40. The fraction of sp³-hybridized carbons (Fsp3) is 0.400. The van der Waals surface area contributed by atoms with Crippen LogP contribution < -0.4 is 15.4 Å². The lowest BCUT2D eigenvalue weighted by atomic mass is 10.2. The number of piperazine rings is 1. The zero-order valence-electron chi connectivity index (χ0n) is 14.5. The maximum absolute atomic E-state index is 13.0. The van der Waals surface area contributed by atoms with E-state index in [0.29, 0.717) is 6.61 Å². The first-order valence-corrected chi connectivity index (χ1v) is 8.90. The van der Waals surface area contributed by atoms with Crippen molar-refractivity contribution in [3.05, 3.63) is 65.5 Å². The first-order chi connectivity index (χ1) is 12.3. The predicted molar refractivity (Wildman–Crippen MR) is 98.2 cm³/mol. The van der Waals surface area contributed by atoms with Crippen molar-refractivity contribution in [3.63, 3.8) is 0 Å². The highest BCUT2D eigenvalue weighted by atomic mass is 19.1. The Morgan fingerprint density at radius 3 is 2.60 bits per heavy atom. The van der Waals surface area contributed by atoms with Crippen LogP contribution in [0.4, 0.5) is 4.39 Å². The summed E-state index contributed by atoms with van der Waals surface area (Å²) in [5.74, 6) is 0.652. The van der Waals surface area contributed by atoms with Crippen molar-refractivity contribution >= 4 is 0 Å². The third kappa shape index (κ3) is 5.81. The summed E-state index contributed by atoms with van der Waals surface area (Å²) in [6.45, 7) is 7.68. The molecule has 1 saturated heterocycles. The molecular weight excluding hydrogens is 317 g/mol. The molecule has 0 amide bonds. The lowest BCUT2D eigenvalue weighted by Gasteiger charge is -2.27. The van der Waals surface area contributed by atoms with Crippen LogP contribution in [0.5, 0.6) is 5.75 Å². The zero-order chi connectivity index (χ0) is 17.3. The van der Waals surface area contributed by atoms with Crippen LogP contribution in [-0.4, -0.2) is 44.2 Å². The molecule has 25 heavy (non-hydrogen) atoms. The van der Waals surface area contributed by atoms with Crippen LogP contribution in [0.15, 0.2) is 48.5 Å². The van der Waals surface area contributed by atoms with Crippen molar-refractivity contribution in [1.29, 1.82) is 0 Å². The third-order valence-corrected chi connectivity index (χ3v) is 4.41. The van der Waals surface area contributed by atoms with Crippen LogP contribution in [-0.2, 0) is 13.2 Å². The molecule has 2 N–H and O–H groups in total. The Hall–Kier alpha value is -1.95. The molecular formula is C20H26FN3O. The molecule has 0 aromatic heterocycles. The number of rotatable bonds is 8. The molecule has 1 fully saturated rings. The van der Waals surface area contributed by atoms with Gasteiger partial charge in [-0.2, -0.15) is 0 Å². The van der Waals surface area contributed by atoms with Gasteiger partial charge in [0.2, 0.25) is 0 Å². The minimum Gasteiger partial charge on any atom is -0.489 e. The minimum atomic E-state index is -0.224. The van der Waals surface area contributed by atoms with Crippen molar-refractivity contribution in [2.45, 2.75) is 13.2 Å². The van der Waals surface area contributed by atoms with Crippen LogP contribution in [0.2, 0.25) is 0 Å². The highest BCUT2D eigenvalue weighted by molar-refractivity contribution is 5.33. The maximum atomic E-state index is 13.0. The Balaban J connectivity index is 1.45. The standard InChI is InChI=1S/C20H26FN3O/c21-19-7-5-17(6-8-19)16-25-20-4-2-1-3-18(20)15-23-11-14-24-12-9-22-10-13-24/h1-8,22-23H,9-16H2. The highest BCUT2D eigenvalue weighted by Crippen LogP contribution is 2.19. The summed E-state index contributed by atoms with van der Waals surface area (Å²) in [5.41, 5.74) is 2.10. The number of para-hydroxylation sites is 1. The van der Waals surface area contributed by atoms with Gasteiger partial charge in [0.25, 0.3) is 0 Å². The second-order valence-corrected chi connectivity index (χ2v) is 6.29. The fourth-order valence-electron chi connectivity index (χ4n) is 2.93. The van der Waals surface area contributed by atoms with Crippen molar-refractivity contribution in [3.8, 4) is 5.75 Å². The number of nitrogens with zero attached hydrogens (tertiary/aromatic N) is 1. The molecule has 0 unspecified atom stereocenters.